The molecule has 0 aliphatic carbocycles. The lowest BCUT2D eigenvalue weighted by molar-refractivity contribution is -0.134. The Hall–Kier alpha value is -3.97. The molecule has 6 rings (SSSR count). The molecule has 0 spiro atoms. The second-order valence-corrected chi connectivity index (χ2v) is 14.7. The van der Waals surface area contributed by atoms with Crippen molar-refractivity contribution >= 4 is 61.4 Å². The second-order valence-electron chi connectivity index (χ2n) is 13.0. The van der Waals surface area contributed by atoms with Gasteiger partial charge in [0.2, 0.25) is 5.91 Å². The maximum atomic E-state index is 14.0. The molecule has 2 atom stereocenters. The molecule has 258 valence electrons. The number of hydrogen-bond donors (Lipinski definition) is 3. The van der Waals surface area contributed by atoms with E-state index in [0.717, 1.165) is 24.0 Å². The van der Waals surface area contributed by atoms with E-state index in [2.05, 4.69) is 47.5 Å². The number of urea groups is 2. The number of nitrogen functional groups attached to an aromatic ring is 1. The van der Waals surface area contributed by atoms with Gasteiger partial charge >= 0.3 is 12.1 Å². The van der Waals surface area contributed by atoms with E-state index in [4.69, 9.17) is 5.73 Å². The quantitative estimate of drug-likeness (QED) is 0.200. The lowest BCUT2D eigenvalue weighted by atomic mass is 9.89. The number of aryl methyl sites for hydroxylation is 1. The number of rotatable bonds is 9. The van der Waals surface area contributed by atoms with Crippen molar-refractivity contribution in [2.24, 2.45) is 0 Å². The fourth-order valence-corrected chi connectivity index (χ4v) is 8.37. The van der Waals surface area contributed by atoms with Crippen LogP contribution in [-0.2, 0) is 22.4 Å². The van der Waals surface area contributed by atoms with Gasteiger partial charge in [-0.3, -0.25) is 19.5 Å². The lowest BCUT2D eigenvalue weighted by Gasteiger charge is -2.37. The maximum absolute atomic E-state index is 14.0. The average Bonchev–Trinajstić information content (AvgIpc) is 3.41. The van der Waals surface area contributed by atoms with Gasteiger partial charge in [0.15, 0.2) is 0 Å². The molecular formula is C36H41Br2N7O4. The molecule has 3 aromatic rings. The van der Waals surface area contributed by atoms with Gasteiger partial charge in [-0.15, -0.1) is 0 Å². The van der Waals surface area contributed by atoms with E-state index in [-0.39, 0.29) is 36.3 Å². The second kappa shape index (κ2) is 15.7. The van der Waals surface area contributed by atoms with Crippen LogP contribution >= 0.6 is 31.9 Å². The van der Waals surface area contributed by atoms with Crippen LogP contribution in [0.5, 0.6) is 0 Å². The van der Waals surface area contributed by atoms with E-state index in [0.29, 0.717) is 72.4 Å². The number of anilines is 1. The number of nitrogens with one attached hydrogen (secondary N) is 2. The molecular weight excluding hydrogens is 754 g/mol. The topological polar surface area (TPSA) is 141 Å². The van der Waals surface area contributed by atoms with Crippen LogP contribution in [0.25, 0.3) is 0 Å². The van der Waals surface area contributed by atoms with Gasteiger partial charge in [-0.1, -0.05) is 30.3 Å². The molecule has 1 aromatic heterocycles. The Bertz CT molecular complexity index is 1640. The summed E-state index contributed by atoms with van der Waals surface area (Å²) in [6, 6.07) is 15.4. The fourth-order valence-electron chi connectivity index (χ4n) is 7.09. The zero-order valence-electron chi connectivity index (χ0n) is 27.2. The monoisotopic (exact) mass is 793 g/mol. The van der Waals surface area contributed by atoms with E-state index in [1.807, 2.05) is 59.5 Å². The van der Waals surface area contributed by atoms with Gasteiger partial charge < -0.3 is 26.2 Å². The molecule has 3 fully saturated rings. The number of likely N-dealkylation sites (tertiary alicyclic amines) is 2. The molecule has 3 saturated heterocycles. The first-order chi connectivity index (χ1) is 23.7. The molecule has 3 aliphatic heterocycles. The first-order valence-electron chi connectivity index (χ1n) is 16.8. The fraction of sp³-hybridized carbons (Fsp3) is 0.417. The van der Waals surface area contributed by atoms with Crippen LogP contribution in [0.2, 0.25) is 0 Å². The molecule has 13 heteroatoms. The van der Waals surface area contributed by atoms with Crippen molar-refractivity contribution in [2.45, 2.75) is 69.0 Å². The van der Waals surface area contributed by atoms with Crippen LogP contribution in [0.15, 0.2) is 75.9 Å². The highest BCUT2D eigenvalue weighted by molar-refractivity contribution is 9.11. The Balaban J connectivity index is 1.07. The van der Waals surface area contributed by atoms with Crippen molar-refractivity contribution in [1.29, 1.82) is 0 Å². The minimum Gasteiger partial charge on any atom is -0.397 e. The Morgan fingerprint density at radius 2 is 1.53 bits per heavy atom. The van der Waals surface area contributed by atoms with Gasteiger partial charge in [0.1, 0.15) is 12.1 Å². The number of imide groups is 1. The molecule has 49 heavy (non-hydrogen) atoms. The van der Waals surface area contributed by atoms with Crippen LogP contribution in [0.4, 0.5) is 15.3 Å². The van der Waals surface area contributed by atoms with Crippen LogP contribution in [0.1, 0.15) is 54.7 Å². The van der Waals surface area contributed by atoms with Crippen LogP contribution in [0.3, 0.4) is 0 Å². The summed E-state index contributed by atoms with van der Waals surface area (Å²) in [6.45, 7) is 1.91. The van der Waals surface area contributed by atoms with Gasteiger partial charge in [0.05, 0.1) is 5.69 Å². The van der Waals surface area contributed by atoms with Crippen molar-refractivity contribution in [3.63, 3.8) is 0 Å². The van der Waals surface area contributed by atoms with Crippen molar-refractivity contribution in [3.8, 4) is 0 Å². The number of carbonyl (C=O) groups is 4. The minimum absolute atomic E-state index is 0.124. The summed E-state index contributed by atoms with van der Waals surface area (Å²) in [5, 5.41) is 5.89. The maximum Gasteiger partial charge on any atom is 0.325 e. The number of amides is 6. The smallest absolute Gasteiger partial charge is 0.325 e. The number of benzene rings is 2. The van der Waals surface area contributed by atoms with Gasteiger partial charge in [-0.25, -0.2) is 9.59 Å². The number of piperidine rings is 2. The SMILES string of the molecule is Nc1c(Br)cc(C[C@@H](NC(=O)N2CCC(N3C(=O)NC(CCc4ccccc4)C3=O)CC2)C(=O)N2CCC(c3ccncc3)CC2)cc1Br. The summed E-state index contributed by atoms with van der Waals surface area (Å²) in [6.07, 6.45) is 7.71. The molecule has 0 bridgehead atoms. The van der Waals surface area contributed by atoms with Gasteiger partial charge in [0.25, 0.3) is 5.91 Å². The van der Waals surface area contributed by atoms with E-state index in [1.165, 1.54) is 10.5 Å². The van der Waals surface area contributed by atoms with E-state index in [1.54, 1.807) is 17.3 Å². The molecule has 4 heterocycles. The number of pyridine rings is 1. The van der Waals surface area contributed by atoms with E-state index < -0.39 is 12.1 Å². The number of nitrogens with two attached hydrogens (primary N) is 1. The molecule has 11 nitrogen and oxygen atoms in total. The van der Waals surface area contributed by atoms with Gasteiger partial charge in [-0.2, -0.15) is 0 Å². The highest BCUT2D eigenvalue weighted by atomic mass is 79.9. The average molecular weight is 796 g/mol. The standard InChI is InChI=1S/C36H41Br2N7O4/c37-28-20-24(21-29(38)32(28)39)22-31(33(46)43-16-10-26(11-17-43)25-8-14-40-15-9-25)42-35(48)44-18-12-27(13-19-44)45-34(47)30(41-36(45)49)7-6-23-4-2-1-3-5-23/h1-5,8-9,14-15,20-21,26-27,30-31H,6-7,10-13,16-19,22,39H2,(H,41,49)(H,42,48)/t30?,31-/m1/s1. The number of carbonyl (C=O) groups excluding carboxylic acids is 4. The molecule has 3 aliphatic rings. The first kappa shape index (κ1) is 34.9. The van der Waals surface area contributed by atoms with Gasteiger partial charge in [0, 0.05) is 60.0 Å². The molecule has 0 radical (unpaired) electrons. The predicted molar refractivity (Wildman–Crippen MR) is 194 cm³/mol. The van der Waals surface area contributed by atoms with Crippen LogP contribution < -0.4 is 16.4 Å². The summed E-state index contributed by atoms with van der Waals surface area (Å²) >= 11 is 7.00. The highest BCUT2D eigenvalue weighted by Gasteiger charge is 2.43. The molecule has 1 unspecified atom stereocenters. The lowest BCUT2D eigenvalue weighted by Crippen LogP contribution is -2.56. The first-order valence-corrected chi connectivity index (χ1v) is 18.4. The number of halogens is 2. The Morgan fingerprint density at radius 3 is 2.18 bits per heavy atom. The normalized spacial score (nSPS) is 19.6. The zero-order chi connectivity index (χ0) is 34.5. The van der Waals surface area contributed by atoms with Crippen molar-refractivity contribution in [1.82, 2.24) is 30.3 Å². The molecule has 4 N–H and O–H groups in total. The van der Waals surface area contributed by atoms with Crippen molar-refractivity contribution in [2.75, 3.05) is 31.9 Å². The predicted octanol–water partition coefficient (Wildman–Crippen LogP) is 5.23. The third-order valence-corrected chi connectivity index (χ3v) is 11.2. The molecule has 2 aromatic carbocycles. The number of hydrogen-bond acceptors (Lipinski definition) is 6. The Morgan fingerprint density at radius 1 is 0.898 bits per heavy atom. The zero-order valence-corrected chi connectivity index (χ0v) is 30.4. The van der Waals surface area contributed by atoms with Crippen LogP contribution in [0, 0.1) is 0 Å². The van der Waals surface area contributed by atoms with Crippen LogP contribution in [-0.4, -0.2) is 87.9 Å². The minimum atomic E-state index is -0.790. The Kier molecular flexibility index (Phi) is 11.2. The Labute approximate surface area is 303 Å². The van der Waals surface area contributed by atoms with E-state index >= 15 is 0 Å². The third kappa shape index (κ3) is 8.26. The van der Waals surface area contributed by atoms with Crippen molar-refractivity contribution in [3.05, 3.63) is 92.6 Å². The largest absolute Gasteiger partial charge is 0.397 e. The third-order valence-electron chi connectivity index (χ3n) is 9.89. The van der Waals surface area contributed by atoms with Crippen molar-refractivity contribution < 1.29 is 19.2 Å². The summed E-state index contributed by atoms with van der Waals surface area (Å²) < 4.78 is 1.41. The summed E-state index contributed by atoms with van der Waals surface area (Å²) in [7, 11) is 0. The number of nitrogens with zero attached hydrogens (tertiary/aromatic N) is 4. The van der Waals surface area contributed by atoms with Gasteiger partial charge in [-0.05, 0) is 117 Å². The summed E-state index contributed by atoms with van der Waals surface area (Å²) in [4.78, 5) is 62.8. The molecule has 6 amide bonds. The number of aromatic nitrogens is 1. The highest BCUT2D eigenvalue weighted by Crippen LogP contribution is 2.31. The summed E-state index contributed by atoms with van der Waals surface area (Å²) in [5.74, 6) is 0.0264. The molecule has 0 saturated carbocycles. The summed E-state index contributed by atoms with van der Waals surface area (Å²) in [5.41, 5.74) is 9.86. The van der Waals surface area contributed by atoms with E-state index in [9.17, 15) is 19.2 Å².